The van der Waals surface area contributed by atoms with Crippen molar-refractivity contribution in [2.24, 2.45) is 0 Å². The molecule has 1 amide bonds. The van der Waals surface area contributed by atoms with Gasteiger partial charge in [0, 0.05) is 6.42 Å². The number of anilines is 1. The van der Waals surface area contributed by atoms with E-state index >= 15 is 0 Å². The van der Waals surface area contributed by atoms with Gasteiger partial charge in [-0.05, 0) is 36.2 Å². The fraction of sp³-hybridized carbons (Fsp3) is 0.250. The molecule has 3 aromatic rings. The maximum atomic E-state index is 13.5. The normalized spacial score (nSPS) is 18.0. The number of amides is 1. The van der Waals surface area contributed by atoms with Crippen LogP contribution >= 0.6 is 23.4 Å². The first-order valence-electron chi connectivity index (χ1n) is 9.25. The molecule has 0 aliphatic carbocycles. The van der Waals surface area contributed by atoms with E-state index in [0.29, 0.717) is 15.9 Å². The molecule has 1 aliphatic rings. The van der Waals surface area contributed by atoms with E-state index < -0.39 is 11.3 Å². The molecule has 1 aromatic heterocycles. The van der Waals surface area contributed by atoms with Gasteiger partial charge in [-0.25, -0.2) is 9.07 Å². The molecule has 0 radical (unpaired) electrons. The van der Waals surface area contributed by atoms with Gasteiger partial charge in [-0.15, -0.1) is 10.2 Å². The molecule has 0 fully saturated rings. The van der Waals surface area contributed by atoms with Crippen LogP contribution in [0.15, 0.2) is 53.7 Å². The van der Waals surface area contributed by atoms with Crippen LogP contribution in [0.3, 0.4) is 0 Å². The molecule has 0 spiro atoms. The highest BCUT2D eigenvalue weighted by molar-refractivity contribution is 8.00. The van der Waals surface area contributed by atoms with E-state index in [1.165, 1.54) is 23.9 Å². The van der Waals surface area contributed by atoms with E-state index in [1.807, 2.05) is 4.68 Å². The predicted molar refractivity (Wildman–Crippen MR) is 112 cm³/mol. The molecular weight excluding hydrogens is 413 g/mol. The summed E-state index contributed by atoms with van der Waals surface area (Å²) in [4.78, 5) is 13.2. The first kappa shape index (κ1) is 19.7. The number of hydrogen-bond donors (Lipinski definition) is 2. The van der Waals surface area contributed by atoms with E-state index in [-0.39, 0.29) is 11.7 Å². The third-order valence-corrected chi connectivity index (χ3v) is 6.14. The van der Waals surface area contributed by atoms with Crippen LogP contribution in [0.5, 0.6) is 0 Å². The van der Waals surface area contributed by atoms with Crippen LogP contribution in [0, 0.1) is 5.82 Å². The van der Waals surface area contributed by atoms with E-state index in [2.05, 4.69) is 27.9 Å². The van der Waals surface area contributed by atoms with Crippen molar-refractivity contribution in [3.8, 4) is 0 Å². The lowest BCUT2D eigenvalue weighted by atomic mass is 10.0. The molecule has 0 saturated heterocycles. The molecule has 4 rings (SSSR count). The number of carbonyl (C=O) groups excluding carboxylic acids is 1. The number of carbonyl (C=O) groups is 1. The molecule has 2 N–H and O–H groups in total. The predicted octanol–water partition coefficient (Wildman–Crippen LogP) is 4.42. The fourth-order valence-electron chi connectivity index (χ4n) is 3.17. The number of hydrogen-bond acceptors (Lipinski definition) is 5. The van der Waals surface area contributed by atoms with Crippen LogP contribution in [0.25, 0.3) is 0 Å². The summed E-state index contributed by atoms with van der Waals surface area (Å²) in [5, 5.41) is 11.9. The third-order valence-electron chi connectivity index (χ3n) is 4.60. The van der Waals surface area contributed by atoms with Gasteiger partial charge in [-0.2, -0.15) is 0 Å². The van der Waals surface area contributed by atoms with Gasteiger partial charge in [-0.3, -0.25) is 4.79 Å². The molecule has 0 bridgehead atoms. The molecule has 1 aliphatic heterocycles. The number of aryl methyl sites for hydroxylation is 1. The van der Waals surface area contributed by atoms with Crippen molar-refractivity contribution in [1.29, 1.82) is 0 Å². The Kier molecular flexibility index (Phi) is 5.73. The number of benzene rings is 2. The standard InChI is InChI=1S/C20H19ClFN5OS/c1-2-5-16-24-25-20-27(16)26-17(12-8-10-13(22)11-9-12)18(29-20)19(28)23-15-7-4-3-6-14(15)21/h3-4,6-11,17-18,26H,2,5H2,1H3,(H,23,28)/t17-,18-/m0/s1. The topological polar surface area (TPSA) is 71.8 Å². The van der Waals surface area contributed by atoms with Gasteiger partial charge in [0.05, 0.1) is 16.8 Å². The summed E-state index contributed by atoms with van der Waals surface area (Å²) in [5.74, 6) is 0.245. The number of rotatable bonds is 5. The minimum Gasteiger partial charge on any atom is -0.324 e. The highest BCUT2D eigenvalue weighted by atomic mass is 35.5. The summed E-state index contributed by atoms with van der Waals surface area (Å²) in [6.07, 6.45) is 1.68. The molecule has 2 heterocycles. The summed E-state index contributed by atoms with van der Waals surface area (Å²) in [5.41, 5.74) is 4.68. The Morgan fingerprint density at radius 3 is 2.72 bits per heavy atom. The lowest BCUT2D eigenvalue weighted by molar-refractivity contribution is -0.116. The van der Waals surface area contributed by atoms with Gasteiger partial charge >= 0.3 is 0 Å². The Labute approximate surface area is 176 Å². The van der Waals surface area contributed by atoms with Crippen LogP contribution in [0.1, 0.15) is 30.8 Å². The Balaban J connectivity index is 1.67. The van der Waals surface area contributed by atoms with Gasteiger partial charge in [0.25, 0.3) is 0 Å². The van der Waals surface area contributed by atoms with E-state index in [1.54, 1.807) is 36.4 Å². The summed E-state index contributed by atoms with van der Waals surface area (Å²) >= 11 is 7.51. The Morgan fingerprint density at radius 2 is 2.00 bits per heavy atom. The van der Waals surface area contributed by atoms with Gasteiger partial charge in [0.15, 0.2) is 5.82 Å². The van der Waals surface area contributed by atoms with Crippen LogP contribution < -0.4 is 10.7 Å². The molecule has 9 heteroatoms. The molecule has 6 nitrogen and oxygen atoms in total. The summed E-state index contributed by atoms with van der Waals surface area (Å²) in [6.45, 7) is 2.06. The Bertz CT molecular complexity index is 1030. The van der Waals surface area contributed by atoms with Gasteiger partial charge in [0.2, 0.25) is 11.1 Å². The minimum atomic E-state index is -0.553. The maximum absolute atomic E-state index is 13.5. The average Bonchev–Trinajstić information content (AvgIpc) is 3.11. The molecule has 2 aromatic carbocycles. The first-order valence-corrected chi connectivity index (χ1v) is 10.5. The van der Waals surface area contributed by atoms with E-state index in [9.17, 15) is 9.18 Å². The van der Waals surface area contributed by atoms with Crippen molar-refractivity contribution < 1.29 is 9.18 Å². The van der Waals surface area contributed by atoms with Crippen molar-refractivity contribution in [3.05, 3.63) is 70.8 Å². The SMILES string of the molecule is CCCc1nnc2n1N[C@@H](c1ccc(F)cc1)[C@@H](C(=O)Nc1ccccc1Cl)S2. The third kappa shape index (κ3) is 4.09. The van der Waals surface area contributed by atoms with Crippen LogP contribution in [0.4, 0.5) is 10.1 Å². The number of thioether (sulfide) groups is 1. The largest absolute Gasteiger partial charge is 0.324 e. The molecule has 2 atom stereocenters. The zero-order chi connectivity index (χ0) is 20.4. The Hall–Kier alpha value is -2.58. The van der Waals surface area contributed by atoms with Crippen LogP contribution in [0.2, 0.25) is 5.02 Å². The lowest BCUT2D eigenvalue weighted by Crippen LogP contribution is -2.41. The zero-order valence-corrected chi connectivity index (χ0v) is 17.2. The maximum Gasteiger partial charge on any atom is 0.240 e. The first-order chi connectivity index (χ1) is 14.1. The van der Waals surface area contributed by atoms with Crippen LogP contribution in [-0.2, 0) is 11.2 Å². The van der Waals surface area contributed by atoms with Crippen molar-refractivity contribution in [2.75, 3.05) is 10.7 Å². The number of fused-ring (bicyclic) bond motifs is 1. The summed E-state index contributed by atoms with van der Waals surface area (Å²) in [6, 6.07) is 12.8. The number of nitrogens with zero attached hydrogens (tertiary/aromatic N) is 3. The highest BCUT2D eigenvalue weighted by Gasteiger charge is 2.37. The van der Waals surface area contributed by atoms with E-state index in [0.717, 1.165) is 24.2 Å². The minimum absolute atomic E-state index is 0.226. The second-order valence-corrected chi connectivity index (χ2v) is 8.17. The van der Waals surface area contributed by atoms with Crippen molar-refractivity contribution in [2.45, 2.75) is 36.2 Å². The fourth-order valence-corrected chi connectivity index (χ4v) is 4.45. The summed E-state index contributed by atoms with van der Waals surface area (Å²) in [7, 11) is 0. The average molecular weight is 432 g/mol. The van der Waals surface area contributed by atoms with Crippen molar-refractivity contribution >= 4 is 35.0 Å². The number of nitrogens with one attached hydrogen (secondary N) is 2. The van der Waals surface area contributed by atoms with Gasteiger partial charge < -0.3 is 10.7 Å². The molecule has 0 unspecified atom stereocenters. The van der Waals surface area contributed by atoms with Gasteiger partial charge in [0.1, 0.15) is 11.1 Å². The summed E-state index contributed by atoms with van der Waals surface area (Å²) < 4.78 is 15.3. The highest BCUT2D eigenvalue weighted by Crippen LogP contribution is 2.38. The molecule has 29 heavy (non-hydrogen) atoms. The Morgan fingerprint density at radius 1 is 1.24 bits per heavy atom. The van der Waals surface area contributed by atoms with Gasteiger partial charge in [-0.1, -0.05) is 54.6 Å². The lowest BCUT2D eigenvalue weighted by Gasteiger charge is -2.33. The smallest absolute Gasteiger partial charge is 0.240 e. The second-order valence-electron chi connectivity index (χ2n) is 6.65. The number of halogens is 2. The quantitative estimate of drug-likeness (QED) is 0.625. The monoisotopic (exact) mass is 431 g/mol. The molecule has 150 valence electrons. The van der Waals surface area contributed by atoms with Crippen LogP contribution in [-0.4, -0.2) is 26.0 Å². The molecular formula is C20H19ClFN5OS. The second kappa shape index (κ2) is 8.42. The molecule has 0 saturated carbocycles. The van der Waals surface area contributed by atoms with Crippen molar-refractivity contribution in [3.63, 3.8) is 0 Å². The zero-order valence-electron chi connectivity index (χ0n) is 15.6. The van der Waals surface area contributed by atoms with Crippen molar-refractivity contribution in [1.82, 2.24) is 14.9 Å². The number of para-hydroxylation sites is 1. The number of aromatic nitrogens is 3. The van der Waals surface area contributed by atoms with E-state index in [4.69, 9.17) is 11.6 Å².